The first-order chi connectivity index (χ1) is 11.4. The van der Waals surface area contributed by atoms with E-state index in [0.717, 1.165) is 6.42 Å². The van der Waals surface area contributed by atoms with Gasteiger partial charge in [-0.3, -0.25) is 4.79 Å². The minimum atomic E-state index is -0.247. The van der Waals surface area contributed by atoms with Crippen LogP contribution in [0.3, 0.4) is 0 Å². The van der Waals surface area contributed by atoms with E-state index in [-0.39, 0.29) is 23.2 Å². The molecular formula is C21H26FNO. The van der Waals surface area contributed by atoms with Crippen molar-refractivity contribution in [2.24, 2.45) is 0 Å². The molecule has 0 unspecified atom stereocenters. The number of hydrogen-bond acceptors (Lipinski definition) is 1. The van der Waals surface area contributed by atoms with Gasteiger partial charge in [-0.05, 0) is 42.4 Å². The van der Waals surface area contributed by atoms with E-state index in [4.69, 9.17) is 0 Å². The van der Waals surface area contributed by atoms with Gasteiger partial charge in [0.2, 0.25) is 5.91 Å². The fraction of sp³-hybridized carbons (Fsp3) is 0.381. The number of aryl methyl sites for hydroxylation is 1. The molecule has 0 fully saturated rings. The van der Waals surface area contributed by atoms with Gasteiger partial charge in [0.15, 0.2) is 0 Å². The molecule has 0 saturated carbocycles. The Hall–Kier alpha value is -2.16. The van der Waals surface area contributed by atoms with Gasteiger partial charge in [0, 0.05) is 12.5 Å². The Kier molecular flexibility index (Phi) is 6.13. The fourth-order valence-corrected chi connectivity index (χ4v) is 3.12. The molecule has 2 rings (SSSR count). The summed E-state index contributed by atoms with van der Waals surface area (Å²) in [5, 5.41) is 3.03. The minimum absolute atomic E-state index is 0.0144. The highest BCUT2D eigenvalue weighted by Crippen LogP contribution is 2.28. The highest BCUT2D eigenvalue weighted by molar-refractivity contribution is 5.76. The number of carbonyl (C=O) groups excluding carboxylic acids is 1. The molecule has 0 radical (unpaired) electrons. The van der Waals surface area contributed by atoms with E-state index in [1.54, 1.807) is 18.2 Å². The smallest absolute Gasteiger partial charge is 0.220 e. The number of carbonyl (C=O) groups is 1. The van der Waals surface area contributed by atoms with Gasteiger partial charge in [-0.2, -0.15) is 0 Å². The normalized spacial score (nSPS) is 12.7. The molecule has 0 aliphatic carbocycles. The lowest BCUT2D eigenvalue weighted by molar-refractivity contribution is -0.121. The zero-order valence-corrected chi connectivity index (χ0v) is 14.7. The van der Waals surface area contributed by atoms with Gasteiger partial charge in [-0.25, -0.2) is 4.39 Å². The summed E-state index contributed by atoms with van der Waals surface area (Å²) in [6.07, 6.45) is 1.58. The third kappa shape index (κ3) is 5.19. The summed E-state index contributed by atoms with van der Waals surface area (Å²) in [5.74, 6) is -0.279. The third-order valence-corrected chi connectivity index (χ3v) is 4.36. The SMILES string of the molecule is C[C@@H](CC(C)(C)c1ccccc1)NC(=O)CCc1ccccc1F. The largest absolute Gasteiger partial charge is 0.354 e. The van der Waals surface area contributed by atoms with E-state index in [1.165, 1.54) is 11.6 Å². The Morgan fingerprint density at radius 2 is 1.71 bits per heavy atom. The minimum Gasteiger partial charge on any atom is -0.354 e. The molecule has 0 aliphatic rings. The van der Waals surface area contributed by atoms with E-state index in [0.29, 0.717) is 18.4 Å². The molecule has 2 aromatic carbocycles. The van der Waals surface area contributed by atoms with E-state index < -0.39 is 0 Å². The molecule has 1 N–H and O–H groups in total. The fourth-order valence-electron chi connectivity index (χ4n) is 3.12. The lowest BCUT2D eigenvalue weighted by Crippen LogP contribution is -2.37. The van der Waals surface area contributed by atoms with Crippen LogP contribution in [-0.4, -0.2) is 11.9 Å². The Balaban J connectivity index is 1.84. The quantitative estimate of drug-likeness (QED) is 0.789. The van der Waals surface area contributed by atoms with Crippen LogP contribution in [0, 0.1) is 5.82 Å². The summed E-state index contributed by atoms with van der Waals surface area (Å²) in [6, 6.07) is 17.0. The number of halogens is 1. The molecule has 1 atom stereocenters. The van der Waals surface area contributed by atoms with Crippen LogP contribution in [-0.2, 0) is 16.6 Å². The molecule has 3 heteroatoms. The van der Waals surface area contributed by atoms with Crippen LogP contribution in [0.4, 0.5) is 4.39 Å². The zero-order valence-electron chi connectivity index (χ0n) is 14.7. The van der Waals surface area contributed by atoms with Crippen molar-refractivity contribution in [2.75, 3.05) is 0 Å². The highest BCUT2D eigenvalue weighted by atomic mass is 19.1. The van der Waals surface area contributed by atoms with Gasteiger partial charge in [0.05, 0.1) is 0 Å². The summed E-state index contributed by atoms with van der Waals surface area (Å²) in [5.41, 5.74) is 1.84. The van der Waals surface area contributed by atoms with E-state index in [1.807, 2.05) is 25.1 Å². The first-order valence-electron chi connectivity index (χ1n) is 8.47. The molecule has 2 aromatic rings. The zero-order chi connectivity index (χ0) is 17.6. The van der Waals surface area contributed by atoms with Crippen LogP contribution in [0.15, 0.2) is 54.6 Å². The lowest BCUT2D eigenvalue weighted by atomic mass is 9.79. The van der Waals surface area contributed by atoms with E-state index >= 15 is 0 Å². The van der Waals surface area contributed by atoms with Gasteiger partial charge in [0.1, 0.15) is 5.82 Å². The maximum absolute atomic E-state index is 13.6. The van der Waals surface area contributed by atoms with Crippen molar-refractivity contribution in [3.05, 3.63) is 71.5 Å². The molecule has 2 nitrogen and oxygen atoms in total. The van der Waals surface area contributed by atoms with Crippen LogP contribution >= 0.6 is 0 Å². The monoisotopic (exact) mass is 327 g/mol. The molecule has 128 valence electrons. The van der Waals surface area contributed by atoms with Crippen LogP contribution in [0.1, 0.15) is 44.7 Å². The third-order valence-electron chi connectivity index (χ3n) is 4.36. The summed E-state index contributed by atoms with van der Waals surface area (Å²) in [7, 11) is 0. The average molecular weight is 327 g/mol. The predicted molar refractivity (Wildman–Crippen MR) is 96.4 cm³/mol. The van der Waals surface area contributed by atoms with Crippen LogP contribution in [0.2, 0.25) is 0 Å². The van der Waals surface area contributed by atoms with Crippen LogP contribution < -0.4 is 5.32 Å². The average Bonchev–Trinajstić information content (AvgIpc) is 2.54. The molecule has 0 saturated heterocycles. The first kappa shape index (κ1) is 18.2. The summed E-state index contributed by atoms with van der Waals surface area (Å²) < 4.78 is 13.6. The molecule has 0 heterocycles. The number of hydrogen-bond donors (Lipinski definition) is 1. The van der Waals surface area contributed by atoms with Gasteiger partial charge in [0.25, 0.3) is 0 Å². The molecule has 0 spiro atoms. The Labute approximate surface area is 144 Å². The van der Waals surface area contributed by atoms with Crippen molar-refractivity contribution < 1.29 is 9.18 Å². The summed E-state index contributed by atoms with van der Waals surface area (Å²) in [6.45, 7) is 6.39. The van der Waals surface area contributed by atoms with Crippen molar-refractivity contribution in [2.45, 2.75) is 51.5 Å². The molecule has 0 aromatic heterocycles. The number of nitrogens with one attached hydrogen (secondary N) is 1. The molecular weight excluding hydrogens is 301 g/mol. The summed E-state index contributed by atoms with van der Waals surface area (Å²) >= 11 is 0. The maximum atomic E-state index is 13.6. The van der Waals surface area contributed by atoms with Crippen molar-refractivity contribution in [3.63, 3.8) is 0 Å². The number of amides is 1. The van der Waals surface area contributed by atoms with Crippen molar-refractivity contribution in [1.29, 1.82) is 0 Å². The molecule has 0 aliphatic heterocycles. The maximum Gasteiger partial charge on any atom is 0.220 e. The number of benzene rings is 2. The lowest BCUT2D eigenvalue weighted by Gasteiger charge is -2.29. The van der Waals surface area contributed by atoms with Gasteiger partial charge in [-0.15, -0.1) is 0 Å². The van der Waals surface area contributed by atoms with E-state index in [2.05, 4.69) is 31.3 Å². The second kappa shape index (κ2) is 8.09. The molecule has 0 bridgehead atoms. The van der Waals surface area contributed by atoms with Gasteiger partial charge >= 0.3 is 0 Å². The van der Waals surface area contributed by atoms with Crippen molar-refractivity contribution >= 4 is 5.91 Å². The standard InChI is InChI=1S/C21H26FNO/c1-16(15-21(2,3)18-10-5-4-6-11-18)23-20(24)14-13-17-9-7-8-12-19(17)22/h4-12,16H,13-15H2,1-3H3,(H,23,24)/t16-/m0/s1. The Morgan fingerprint density at radius 3 is 2.38 bits per heavy atom. The van der Waals surface area contributed by atoms with Crippen molar-refractivity contribution in [3.8, 4) is 0 Å². The highest BCUT2D eigenvalue weighted by Gasteiger charge is 2.23. The van der Waals surface area contributed by atoms with E-state index in [9.17, 15) is 9.18 Å². The Bertz CT molecular complexity index is 667. The second-order valence-corrected chi connectivity index (χ2v) is 7.01. The number of rotatable bonds is 7. The Morgan fingerprint density at radius 1 is 1.08 bits per heavy atom. The van der Waals surface area contributed by atoms with Crippen molar-refractivity contribution in [1.82, 2.24) is 5.32 Å². The predicted octanol–water partition coefficient (Wildman–Crippen LogP) is 4.63. The van der Waals surface area contributed by atoms with Crippen LogP contribution in [0.5, 0.6) is 0 Å². The van der Waals surface area contributed by atoms with Crippen LogP contribution in [0.25, 0.3) is 0 Å². The first-order valence-corrected chi connectivity index (χ1v) is 8.47. The summed E-state index contributed by atoms with van der Waals surface area (Å²) in [4.78, 5) is 12.1. The second-order valence-electron chi connectivity index (χ2n) is 7.01. The van der Waals surface area contributed by atoms with Gasteiger partial charge in [-0.1, -0.05) is 62.4 Å². The molecule has 24 heavy (non-hydrogen) atoms. The topological polar surface area (TPSA) is 29.1 Å². The molecule has 1 amide bonds. The van der Waals surface area contributed by atoms with Gasteiger partial charge < -0.3 is 5.32 Å².